The van der Waals surface area contributed by atoms with Crippen LogP contribution in [-0.2, 0) is 9.47 Å². The Morgan fingerprint density at radius 2 is 1.61 bits per heavy atom. The molecule has 0 bridgehead atoms. The van der Waals surface area contributed by atoms with Crippen molar-refractivity contribution in [1.29, 1.82) is 0 Å². The number of pyridine rings is 1. The van der Waals surface area contributed by atoms with E-state index in [1.807, 2.05) is 20.8 Å². The fourth-order valence-electron chi connectivity index (χ4n) is 3.08. The van der Waals surface area contributed by atoms with Gasteiger partial charge in [-0.2, -0.15) is 0 Å². The predicted molar refractivity (Wildman–Crippen MR) is 121 cm³/mol. The normalized spacial score (nSPS) is 18.9. The summed E-state index contributed by atoms with van der Waals surface area (Å²) in [6.45, 7) is 10.9. The number of halogens is 1. The molecule has 1 aliphatic rings. The quantitative estimate of drug-likeness (QED) is 0.580. The summed E-state index contributed by atoms with van der Waals surface area (Å²) in [5.74, 6) is 6.76. The number of anilines is 1. The van der Waals surface area contributed by atoms with E-state index in [1.54, 1.807) is 26.8 Å². The molecule has 2 N–H and O–H groups in total. The van der Waals surface area contributed by atoms with E-state index >= 15 is 0 Å². The standard InChI is InChI=1S/C23H32ClN3O4/c1-22(2,3)30-20(28)26-16-10-7-15(8-11-16)9-12-17-18(24)13-14-25-19(17)27-21(29)31-23(4,5)6/h13-16H,7-8,10-11H2,1-6H3,(H,26,28)(H,25,27,29). The lowest BCUT2D eigenvalue weighted by atomic mass is 9.86. The highest BCUT2D eigenvalue weighted by atomic mass is 35.5. The summed E-state index contributed by atoms with van der Waals surface area (Å²) in [5, 5.41) is 5.96. The zero-order valence-corrected chi connectivity index (χ0v) is 19.9. The van der Waals surface area contributed by atoms with Gasteiger partial charge in [-0.3, -0.25) is 5.32 Å². The van der Waals surface area contributed by atoms with E-state index in [9.17, 15) is 9.59 Å². The smallest absolute Gasteiger partial charge is 0.413 e. The molecule has 2 rings (SSSR count). The first kappa shape index (κ1) is 24.8. The maximum atomic E-state index is 12.1. The second kappa shape index (κ2) is 10.2. The minimum Gasteiger partial charge on any atom is -0.444 e. The van der Waals surface area contributed by atoms with Crippen molar-refractivity contribution < 1.29 is 19.1 Å². The largest absolute Gasteiger partial charge is 0.444 e. The summed E-state index contributed by atoms with van der Waals surface area (Å²) in [6.07, 6.45) is 3.85. The van der Waals surface area contributed by atoms with Crippen LogP contribution in [0.15, 0.2) is 12.3 Å². The van der Waals surface area contributed by atoms with Gasteiger partial charge in [0.15, 0.2) is 5.82 Å². The number of hydrogen-bond donors (Lipinski definition) is 2. The average Bonchev–Trinajstić information content (AvgIpc) is 2.59. The number of ether oxygens (including phenoxy) is 2. The second-order valence-corrected chi connectivity index (χ2v) is 10.0. The van der Waals surface area contributed by atoms with Gasteiger partial charge < -0.3 is 14.8 Å². The minimum atomic E-state index is -0.625. The maximum Gasteiger partial charge on any atom is 0.413 e. The molecule has 0 aliphatic heterocycles. The molecule has 0 saturated heterocycles. The van der Waals surface area contributed by atoms with Gasteiger partial charge >= 0.3 is 12.2 Å². The van der Waals surface area contributed by atoms with E-state index in [1.165, 1.54) is 6.20 Å². The zero-order chi connectivity index (χ0) is 23.2. The fraction of sp³-hybridized carbons (Fsp3) is 0.609. The van der Waals surface area contributed by atoms with E-state index < -0.39 is 17.3 Å². The van der Waals surface area contributed by atoms with Crippen LogP contribution in [0.4, 0.5) is 15.4 Å². The van der Waals surface area contributed by atoms with Gasteiger partial charge in [-0.05, 0) is 73.3 Å². The van der Waals surface area contributed by atoms with Gasteiger partial charge in [0.25, 0.3) is 0 Å². The monoisotopic (exact) mass is 449 g/mol. The Balaban J connectivity index is 1.97. The first-order chi connectivity index (χ1) is 14.3. The maximum absolute atomic E-state index is 12.1. The molecule has 0 radical (unpaired) electrons. The third-order valence-corrected chi connectivity index (χ3v) is 4.68. The lowest BCUT2D eigenvalue weighted by Crippen LogP contribution is -2.40. The van der Waals surface area contributed by atoms with Crippen molar-refractivity contribution >= 4 is 29.6 Å². The molecule has 170 valence electrons. The third kappa shape index (κ3) is 9.06. The van der Waals surface area contributed by atoms with Crippen LogP contribution in [0.1, 0.15) is 72.8 Å². The van der Waals surface area contributed by atoms with Crippen LogP contribution in [-0.4, -0.2) is 34.4 Å². The highest BCUT2D eigenvalue weighted by molar-refractivity contribution is 6.32. The van der Waals surface area contributed by atoms with Crippen LogP contribution in [0.2, 0.25) is 5.02 Å². The molecule has 1 saturated carbocycles. The molecule has 0 aromatic carbocycles. The van der Waals surface area contributed by atoms with Crippen LogP contribution >= 0.6 is 11.6 Å². The molecule has 7 nitrogen and oxygen atoms in total. The Morgan fingerprint density at radius 1 is 1.03 bits per heavy atom. The molecule has 0 spiro atoms. The molecule has 8 heteroatoms. The molecule has 0 unspecified atom stereocenters. The van der Waals surface area contributed by atoms with Crippen molar-refractivity contribution in [2.75, 3.05) is 5.32 Å². The molecular weight excluding hydrogens is 418 g/mol. The van der Waals surface area contributed by atoms with Crippen LogP contribution in [0.5, 0.6) is 0 Å². The van der Waals surface area contributed by atoms with E-state index in [4.69, 9.17) is 21.1 Å². The Morgan fingerprint density at radius 3 is 2.19 bits per heavy atom. The van der Waals surface area contributed by atoms with Crippen molar-refractivity contribution in [3.63, 3.8) is 0 Å². The van der Waals surface area contributed by atoms with E-state index in [0.29, 0.717) is 10.6 Å². The predicted octanol–water partition coefficient (Wildman–Crippen LogP) is 5.52. The molecule has 31 heavy (non-hydrogen) atoms. The van der Waals surface area contributed by atoms with Crippen LogP contribution in [0.3, 0.4) is 0 Å². The van der Waals surface area contributed by atoms with Gasteiger partial charge in [0.05, 0.1) is 10.6 Å². The Bertz CT molecular complexity index is 854. The highest BCUT2D eigenvalue weighted by Gasteiger charge is 2.24. The SMILES string of the molecule is CC(C)(C)OC(=O)Nc1nccc(Cl)c1C#CC1CCC(NC(=O)OC(C)(C)C)CC1. The van der Waals surface area contributed by atoms with Crippen LogP contribution in [0, 0.1) is 17.8 Å². The number of rotatable bonds is 2. The Kier molecular flexibility index (Phi) is 8.19. The molecule has 1 fully saturated rings. The number of aromatic nitrogens is 1. The Labute approximate surface area is 189 Å². The first-order valence-corrected chi connectivity index (χ1v) is 10.9. The number of amides is 2. The summed E-state index contributed by atoms with van der Waals surface area (Å²) in [6, 6.07) is 1.72. The van der Waals surface area contributed by atoms with Crippen molar-refractivity contribution in [3.05, 3.63) is 22.8 Å². The van der Waals surface area contributed by atoms with Crippen molar-refractivity contribution in [1.82, 2.24) is 10.3 Å². The summed E-state index contributed by atoms with van der Waals surface area (Å²) in [4.78, 5) is 28.2. The molecule has 2 amide bonds. The molecular formula is C23H32ClN3O4. The number of carbonyl (C=O) groups excluding carboxylic acids is 2. The molecule has 1 heterocycles. The third-order valence-electron chi connectivity index (χ3n) is 4.37. The molecule has 0 atom stereocenters. The summed E-state index contributed by atoms with van der Waals surface area (Å²) < 4.78 is 10.6. The van der Waals surface area contributed by atoms with Crippen LogP contribution in [0.25, 0.3) is 0 Å². The van der Waals surface area contributed by atoms with Gasteiger partial charge in [0.1, 0.15) is 11.2 Å². The molecule has 1 aromatic heterocycles. The zero-order valence-electron chi connectivity index (χ0n) is 19.1. The summed E-state index contributed by atoms with van der Waals surface area (Å²) in [7, 11) is 0. The molecule has 1 aliphatic carbocycles. The molecule has 1 aromatic rings. The average molecular weight is 450 g/mol. The van der Waals surface area contributed by atoms with Gasteiger partial charge in [0.2, 0.25) is 0 Å². The van der Waals surface area contributed by atoms with Crippen LogP contribution < -0.4 is 10.6 Å². The topological polar surface area (TPSA) is 89.5 Å². The number of nitrogens with zero attached hydrogens (tertiary/aromatic N) is 1. The lowest BCUT2D eigenvalue weighted by Gasteiger charge is -2.28. The lowest BCUT2D eigenvalue weighted by molar-refractivity contribution is 0.0489. The highest BCUT2D eigenvalue weighted by Crippen LogP contribution is 2.26. The van der Waals surface area contributed by atoms with Crippen molar-refractivity contribution in [2.24, 2.45) is 5.92 Å². The number of carbonyl (C=O) groups is 2. The fourth-order valence-corrected chi connectivity index (χ4v) is 3.28. The number of hydrogen-bond acceptors (Lipinski definition) is 5. The van der Waals surface area contributed by atoms with Gasteiger partial charge in [-0.1, -0.05) is 23.4 Å². The number of nitrogens with one attached hydrogen (secondary N) is 2. The number of alkyl carbamates (subject to hydrolysis) is 1. The van der Waals surface area contributed by atoms with Crippen molar-refractivity contribution in [2.45, 2.75) is 84.5 Å². The Hall–Kier alpha value is -2.46. The van der Waals surface area contributed by atoms with E-state index in [-0.39, 0.29) is 23.9 Å². The second-order valence-electron chi connectivity index (χ2n) is 9.61. The van der Waals surface area contributed by atoms with Gasteiger partial charge in [-0.25, -0.2) is 14.6 Å². The van der Waals surface area contributed by atoms with Crippen molar-refractivity contribution in [3.8, 4) is 11.8 Å². The summed E-state index contributed by atoms with van der Waals surface area (Å²) in [5.41, 5.74) is -0.676. The van der Waals surface area contributed by atoms with Gasteiger partial charge in [0, 0.05) is 18.2 Å². The van der Waals surface area contributed by atoms with E-state index in [0.717, 1.165) is 25.7 Å². The van der Waals surface area contributed by atoms with E-state index in [2.05, 4.69) is 27.5 Å². The minimum absolute atomic E-state index is 0.0827. The first-order valence-electron chi connectivity index (χ1n) is 10.5. The van der Waals surface area contributed by atoms with Gasteiger partial charge in [-0.15, -0.1) is 0 Å². The summed E-state index contributed by atoms with van der Waals surface area (Å²) >= 11 is 6.30.